The van der Waals surface area contributed by atoms with Crippen LogP contribution in [0.3, 0.4) is 0 Å². The normalized spacial score (nSPS) is 19.3. The second-order valence-electron chi connectivity index (χ2n) is 6.73. The highest BCUT2D eigenvalue weighted by molar-refractivity contribution is 6.30. The molecule has 1 aliphatic heterocycles. The molecule has 0 aliphatic carbocycles. The molecule has 1 saturated heterocycles. The van der Waals surface area contributed by atoms with Crippen LogP contribution in [0.5, 0.6) is 5.75 Å². The van der Waals surface area contributed by atoms with Crippen LogP contribution < -0.4 is 15.4 Å². The molecular weight excluding hydrogens is 366 g/mol. The smallest absolute Gasteiger partial charge is 0.223 e. The van der Waals surface area contributed by atoms with Gasteiger partial charge in [0.1, 0.15) is 28.8 Å². The van der Waals surface area contributed by atoms with Gasteiger partial charge < -0.3 is 19.8 Å². The minimum absolute atomic E-state index is 0.0125. The van der Waals surface area contributed by atoms with E-state index in [0.717, 1.165) is 23.3 Å². The van der Waals surface area contributed by atoms with Crippen molar-refractivity contribution in [1.82, 2.24) is 10.3 Å². The molecule has 2 atom stereocenters. The molecule has 0 unspecified atom stereocenters. The molecule has 2 aromatic heterocycles. The maximum atomic E-state index is 11.7. The molecule has 7 heteroatoms. The first-order valence-corrected chi connectivity index (χ1v) is 9.26. The van der Waals surface area contributed by atoms with Crippen LogP contribution in [0.1, 0.15) is 19.1 Å². The van der Waals surface area contributed by atoms with Gasteiger partial charge in [0, 0.05) is 17.0 Å². The number of rotatable bonds is 6. The highest BCUT2D eigenvalue weighted by Gasteiger charge is 2.28. The topological polar surface area (TPSA) is 76.4 Å². The van der Waals surface area contributed by atoms with Crippen molar-refractivity contribution in [1.29, 1.82) is 0 Å². The summed E-state index contributed by atoms with van der Waals surface area (Å²) in [7, 11) is 0. The summed E-state index contributed by atoms with van der Waals surface area (Å²) in [6.07, 6.45) is 2.41. The second-order valence-corrected chi connectivity index (χ2v) is 7.12. The van der Waals surface area contributed by atoms with Gasteiger partial charge in [-0.15, -0.1) is 0 Å². The Bertz CT molecular complexity index is 959. The number of halogens is 1. The van der Waals surface area contributed by atoms with Crippen LogP contribution in [0.25, 0.3) is 10.9 Å². The summed E-state index contributed by atoms with van der Waals surface area (Å²) in [5.74, 6) is 1.57. The van der Waals surface area contributed by atoms with Crippen molar-refractivity contribution < 1.29 is 13.9 Å². The minimum Gasteiger partial charge on any atom is -0.489 e. The second kappa shape index (κ2) is 7.48. The number of para-hydroxylation sites is 1. The van der Waals surface area contributed by atoms with Crippen LogP contribution in [0.2, 0.25) is 5.15 Å². The van der Waals surface area contributed by atoms with E-state index in [0.29, 0.717) is 29.6 Å². The van der Waals surface area contributed by atoms with Crippen LogP contribution in [-0.4, -0.2) is 23.5 Å². The summed E-state index contributed by atoms with van der Waals surface area (Å²) < 4.78 is 11.3. The van der Waals surface area contributed by atoms with E-state index < -0.39 is 0 Å². The average Bonchev–Trinajstić information content (AvgIpc) is 3.28. The van der Waals surface area contributed by atoms with Crippen molar-refractivity contribution >= 4 is 34.1 Å². The first-order valence-electron chi connectivity index (χ1n) is 8.89. The Balaban J connectivity index is 1.56. The molecule has 6 nitrogen and oxygen atoms in total. The maximum Gasteiger partial charge on any atom is 0.223 e. The number of nitrogens with one attached hydrogen (secondary N) is 2. The van der Waals surface area contributed by atoms with Crippen LogP contribution in [0.15, 0.2) is 47.1 Å². The minimum atomic E-state index is 0.0125. The molecule has 1 amide bonds. The van der Waals surface area contributed by atoms with Gasteiger partial charge >= 0.3 is 0 Å². The summed E-state index contributed by atoms with van der Waals surface area (Å²) >= 11 is 6.23. The lowest BCUT2D eigenvalue weighted by atomic mass is 10.1. The lowest BCUT2D eigenvalue weighted by Crippen LogP contribution is -2.31. The number of aromatic nitrogens is 1. The van der Waals surface area contributed by atoms with Gasteiger partial charge in [-0.1, -0.05) is 30.7 Å². The third kappa shape index (κ3) is 3.85. The van der Waals surface area contributed by atoms with Gasteiger partial charge in [-0.25, -0.2) is 4.98 Å². The molecule has 1 aliphatic rings. The maximum absolute atomic E-state index is 11.7. The first kappa shape index (κ1) is 17.7. The summed E-state index contributed by atoms with van der Waals surface area (Å²) in [6.45, 7) is 2.86. The van der Waals surface area contributed by atoms with Gasteiger partial charge in [-0.2, -0.15) is 0 Å². The predicted molar refractivity (Wildman–Crippen MR) is 104 cm³/mol. The van der Waals surface area contributed by atoms with Crippen LogP contribution in [-0.2, 0) is 11.3 Å². The zero-order valence-corrected chi connectivity index (χ0v) is 15.6. The lowest BCUT2D eigenvalue weighted by molar-refractivity contribution is -0.122. The van der Waals surface area contributed by atoms with E-state index in [1.165, 1.54) is 0 Å². The monoisotopic (exact) mass is 385 g/mol. The number of carbonyl (C=O) groups is 1. The number of hydrogen-bond donors (Lipinski definition) is 2. The van der Waals surface area contributed by atoms with E-state index in [9.17, 15) is 4.79 Å². The number of pyridine rings is 1. The number of anilines is 1. The van der Waals surface area contributed by atoms with E-state index in [2.05, 4.69) is 15.6 Å². The van der Waals surface area contributed by atoms with Crippen molar-refractivity contribution in [2.24, 2.45) is 5.92 Å². The Morgan fingerprint density at radius 2 is 2.26 bits per heavy atom. The predicted octanol–water partition coefficient (Wildman–Crippen LogP) is 4.00. The number of amides is 1. The van der Waals surface area contributed by atoms with Gasteiger partial charge in [0.05, 0.1) is 18.8 Å². The fraction of sp³-hybridized carbons (Fsp3) is 0.300. The average molecular weight is 386 g/mol. The Morgan fingerprint density at radius 1 is 1.37 bits per heavy atom. The van der Waals surface area contributed by atoms with Crippen molar-refractivity contribution in [2.45, 2.75) is 25.9 Å². The molecule has 27 heavy (non-hydrogen) atoms. The van der Waals surface area contributed by atoms with Crippen LogP contribution in [0.4, 0.5) is 5.69 Å². The molecule has 2 N–H and O–H groups in total. The summed E-state index contributed by atoms with van der Waals surface area (Å²) in [6, 6.07) is 11.3. The number of ether oxygens (including phenoxy) is 1. The van der Waals surface area contributed by atoms with Gasteiger partial charge in [-0.3, -0.25) is 4.79 Å². The van der Waals surface area contributed by atoms with E-state index in [1.807, 2.05) is 37.3 Å². The first-order chi connectivity index (χ1) is 13.1. The van der Waals surface area contributed by atoms with Crippen molar-refractivity contribution in [2.75, 3.05) is 11.9 Å². The van der Waals surface area contributed by atoms with E-state index in [-0.39, 0.29) is 17.9 Å². The number of carbonyl (C=O) groups excluding carboxylic acids is 1. The standard InChI is InChI=1S/C20H20ClN3O3/c1-12-8-13(23-20(12)25)11-27-17-6-2-5-15-16(9-18(21)24-19(15)17)22-10-14-4-3-7-26-14/h2-7,9,12-13H,8,10-11H2,1H3,(H,22,24)(H,23,25)/t12-,13+/m0/s1. The SMILES string of the molecule is C[C@H]1C[C@H](COc2cccc3c(NCc4ccco4)cc(Cl)nc23)NC1=O. The third-order valence-electron chi connectivity index (χ3n) is 4.68. The zero-order valence-electron chi connectivity index (χ0n) is 14.9. The van der Waals surface area contributed by atoms with E-state index in [4.69, 9.17) is 20.8 Å². The summed E-state index contributed by atoms with van der Waals surface area (Å²) in [4.78, 5) is 16.1. The van der Waals surface area contributed by atoms with Gasteiger partial charge in [0.15, 0.2) is 0 Å². The number of hydrogen-bond acceptors (Lipinski definition) is 5. The number of benzene rings is 1. The highest BCUT2D eigenvalue weighted by Crippen LogP contribution is 2.32. The molecule has 3 aromatic rings. The van der Waals surface area contributed by atoms with E-state index in [1.54, 1.807) is 12.3 Å². The van der Waals surface area contributed by atoms with Crippen LogP contribution >= 0.6 is 11.6 Å². The number of fused-ring (bicyclic) bond motifs is 1. The fourth-order valence-electron chi connectivity index (χ4n) is 3.29. The molecule has 1 fully saturated rings. The molecular formula is C20H20ClN3O3. The quantitative estimate of drug-likeness (QED) is 0.627. The van der Waals surface area contributed by atoms with Crippen molar-refractivity contribution in [3.8, 4) is 5.75 Å². The van der Waals surface area contributed by atoms with Crippen molar-refractivity contribution in [3.05, 3.63) is 53.6 Å². The molecule has 0 saturated carbocycles. The molecule has 4 rings (SSSR count). The third-order valence-corrected chi connectivity index (χ3v) is 4.87. The Hall–Kier alpha value is -2.73. The molecule has 0 spiro atoms. The Kier molecular flexibility index (Phi) is 4.90. The number of furan rings is 1. The molecule has 1 aromatic carbocycles. The van der Waals surface area contributed by atoms with Gasteiger partial charge in [-0.05, 0) is 30.7 Å². The molecule has 0 bridgehead atoms. The highest BCUT2D eigenvalue weighted by atomic mass is 35.5. The Labute approximate surface area is 161 Å². The largest absolute Gasteiger partial charge is 0.489 e. The van der Waals surface area contributed by atoms with Gasteiger partial charge in [0.2, 0.25) is 5.91 Å². The zero-order chi connectivity index (χ0) is 18.8. The van der Waals surface area contributed by atoms with E-state index >= 15 is 0 Å². The fourth-order valence-corrected chi connectivity index (χ4v) is 3.48. The number of nitrogens with zero attached hydrogens (tertiary/aromatic N) is 1. The lowest BCUT2D eigenvalue weighted by Gasteiger charge is -2.15. The Morgan fingerprint density at radius 3 is 3.00 bits per heavy atom. The molecule has 3 heterocycles. The van der Waals surface area contributed by atoms with Crippen LogP contribution in [0, 0.1) is 5.92 Å². The molecule has 0 radical (unpaired) electrons. The summed E-state index contributed by atoms with van der Waals surface area (Å²) in [5.41, 5.74) is 1.54. The summed E-state index contributed by atoms with van der Waals surface area (Å²) in [5, 5.41) is 7.57. The van der Waals surface area contributed by atoms with Crippen molar-refractivity contribution in [3.63, 3.8) is 0 Å². The van der Waals surface area contributed by atoms with Gasteiger partial charge in [0.25, 0.3) is 0 Å². The molecule has 140 valence electrons.